The first-order chi connectivity index (χ1) is 11.6. The molecule has 0 fully saturated rings. The molecule has 0 unspecified atom stereocenters. The topological polar surface area (TPSA) is 90.3 Å². The van der Waals surface area contributed by atoms with E-state index in [4.69, 9.17) is 9.47 Å². The average molecular weight is 325 g/mol. The normalized spacial score (nSPS) is 10.4. The summed E-state index contributed by atoms with van der Waals surface area (Å²) in [6.07, 6.45) is 1.68. The molecule has 0 spiro atoms. The van der Waals surface area contributed by atoms with Gasteiger partial charge in [-0.2, -0.15) is 0 Å². The molecule has 0 radical (unpaired) electrons. The molecule has 1 heterocycles. The number of imidazole rings is 1. The van der Waals surface area contributed by atoms with Crippen LogP contribution in [0.25, 0.3) is 22.6 Å². The quantitative estimate of drug-likeness (QED) is 0.571. The summed E-state index contributed by atoms with van der Waals surface area (Å²) < 4.78 is 10.8. The molecule has 1 aromatic heterocycles. The van der Waals surface area contributed by atoms with Crippen LogP contribution in [0.2, 0.25) is 0 Å². The van der Waals surface area contributed by atoms with Crippen LogP contribution in [0.4, 0.5) is 5.69 Å². The molecule has 0 bridgehead atoms. The Kier molecular flexibility index (Phi) is 4.15. The zero-order valence-electron chi connectivity index (χ0n) is 13.1. The maximum atomic E-state index is 10.7. The number of methoxy groups -OCH3 is 2. The molecule has 1 N–H and O–H groups in total. The van der Waals surface area contributed by atoms with E-state index in [1.807, 2.05) is 18.2 Å². The van der Waals surface area contributed by atoms with Crippen LogP contribution in [0.5, 0.6) is 11.5 Å². The second-order valence-electron chi connectivity index (χ2n) is 4.99. The molecule has 2 aromatic carbocycles. The van der Waals surface area contributed by atoms with E-state index in [1.165, 1.54) is 12.1 Å². The number of aromatic nitrogens is 2. The highest BCUT2D eigenvalue weighted by Gasteiger charge is 2.15. The van der Waals surface area contributed by atoms with Crippen molar-refractivity contribution < 1.29 is 14.4 Å². The maximum Gasteiger partial charge on any atom is 0.269 e. The number of nitro groups is 1. The van der Waals surface area contributed by atoms with Crippen LogP contribution in [-0.2, 0) is 0 Å². The summed E-state index contributed by atoms with van der Waals surface area (Å²) in [6.45, 7) is 0. The van der Waals surface area contributed by atoms with E-state index >= 15 is 0 Å². The summed E-state index contributed by atoms with van der Waals surface area (Å²) in [5, 5.41) is 10.7. The van der Waals surface area contributed by atoms with E-state index in [0.29, 0.717) is 17.3 Å². The molecular formula is C17H15N3O4. The van der Waals surface area contributed by atoms with Crippen molar-refractivity contribution in [2.75, 3.05) is 14.2 Å². The van der Waals surface area contributed by atoms with Gasteiger partial charge in [0.25, 0.3) is 5.69 Å². The maximum absolute atomic E-state index is 10.7. The van der Waals surface area contributed by atoms with Gasteiger partial charge >= 0.3 is 0 Å². The molecule has 0 amide bonds. The third-order valence-corrected chi connectivity index (χ3v) is 3.62. The van der Waals surface area contributed by atoms with Gasteiger partial charge in [0.05, 0.1) is 36.6 Å². The fraction of sp³-hybridized carbons (Fsp3) is 0.118. The number of hydrogen-bond acceptors (Lipinski definition) is 5. The van der Waals surface area contributed by atoms with Gasteiger partial charge in [0.2, 0.25) is 0 Å². The van der Waals surface area contributed by atoms with Gasteiger partial charge in [-0.3, -0.25) is 10.1 Å². The Morgan fingerprint density at radius 3 is 2.21 bits per heavy atom. The Morgan fingerprint density at radius 1 is 1.04 bits per heavy atom. The van der Waals surface area contributed by atoms with Gasteiger partial charge in [-0.05, 0) is 24.3 Å². The highest BCUT2D eigenvalue weighted by molar-refractivity contribution is 5.75. The third kappa shape index (κ3) is 2.79. The number of nitrogens with one attached hydrogen (secondary N) is 1. The number of non-ortho nitro benzene ring substituents is 1. The van der Waals surface area contributed by atoms with E-state index < -0.39 is 4.92 Å². The number of nitro benzene ring substituents is 1. The van der Waals surface area contributed by atoms with E-state index in [2.05, 4.69) is 9.97 Å². The van der Waals surface area contributed by atoms with Crippen LogP contribution in [0, 0.1) is 10.1 Å². The summed E-state index contributed by atoms with van der Waals surface area (Å²) >= 11 is 0. The molecule has 24 heavy (non-hydrogen) atoms. The van der Waals surface area contributed by atoms with E-state index in [1.54, 1.807) is 32.5 Å². The van der Waals surface area contributed by atoms with Crippen molar-refractivity contribution >= 4 is 5.69 Å². The fourth-order valence-corrected chi connectivity index (χ4v) is 2.45. The first-order valence-electron chi connectivity index (χ1n) is 7.15. The number of rotatable bonds is 5. The average Bonchev–Trinajstić information content (AvgIpc) is 3.10. The van der Waals surface area contributed by atoms with Crippen LogP contribution in [0.15, 0.2) is 48.7 Å². The Balaban J connectivity index is 2.01. The van der Waals surface area contributed by atoms with Gasteiger partial charge in [0, 0.05) is 17.7 Å². The number of hydrogen-bond donors (Lipinski definition) is 1. The lowest BCUT2D eigenvalue weighted by molar-refractivity contribution is -0.384. The van der Waals surface area contributed by atoms with Crippen molar-refractivity contribution in [2.24, 2.45) is 0 Å². The summed E-state index contributed by atoms with van der Waals surface area (Å²) in [6, 6.07) is 11.7. The predicted octanol–water partition coefficient (Wildman–Crippen LogP) is 3.67. The lowest BCUT2D eigenvalue weighted by atomic mass is 10.1. The van der Waals surface area contributed by atoms with E-state index in [9.17, 15) is 10.1 Å². The summed E-state index contributed by atoms with van der Waals surface area (Å²) in [7, 11) is 3.18. The largest absolute Gasteiger partial charge is 0.496 e. The molecule has 0 atom stereocenters. The molecule has 0 aliphatic rings. The van der Waals surface area contributed by atoms with Crippen molar-refractivity contribution in [3.8, 4) is 34.1 Å². The second-order valence-corrected chi connectivity index (χ2v) is 4.99. The van der Waals surface area contributed by atoms with Gasteiger partial charge in [-0.25, -0.2) is 4.98 Å². The summed E-state index contributed by atoms with van der Waals surface area (Å²) in [4.78, 5) is 17.9. The van der Waals surface area contributed by atoms with E-state index in [-0.39, 0.29) is 5.69 Å². The monoisotopic (exact) mass is 325 g/mol. The predicted molar refractivity (Wildman–Crippen MR) is 89.2 cm³/mol. The van der Waals surface area contributed by atoms with Crippen LogP contribution in [-0.4, -0.2) is 29.1 Å². The van der Waals surface area contributed by atoms with Crippen LogP contribution < -0.4 is 9.47 Å². The van der Waals surface area contributed by atoms with Crippen molar-refractivity contribution in [3.63, 3.8) is 0 Å². The van der Waals surface area contributed by atoms with Crippen LogP contribution in [0.3, 0.4) is 0 Å². The molecule has 122 valence electrons. The third-order valence-electron chi connectivity index (χ3n) is 3.62. The smallest absolute Gasteiger partial charge is 0.269 e. The van der Waals surface area contributed by atoms with Gasteiger partial charge in [-0.1, -0.05) is 6.07 Å². The second kappa shape index (κ2) is 6.41. The Bertz CT molecular complexity index is 850. The summed E-state index contributed by atoms with van der Waals surface area (Å²) in [5.74, 6) is 1.93. The zero-order chi connectivity index (χ0) is 17.1. The first kappa shape index (κ1) is 15.5. The van der Waals surface area contributed by atoms with Crippen molar-refractivity contribution in [2.45, 2.75) is 0 Å². The highest BCUT2D eigenvalue weighted by atomic mass is 16.6. The Morgan fingerprint density at radius 2 is 1.67 bits per heavy atom. The van der Waals surface area contributed by atoms with Gasteiger partial charge in [0.1, 0.15) is 17.3 Å². The van der Waals surface area contributed by atoms with Crippen molar-refractivity contribution in [3.05, 3.63) is 58.8 Å². The number of aromatic amines is 1. The van der Waals surface area contributed by atoms with Crippen molar-refractivity contribution in [1.29, 1.82) is 0 Å². The van der Waals surface area contributed by atoms with Gasteiger partial charge in [-0.15, -0.1) is 0 Å². The molecule has 7 nitrogen and oxygen atoms in total. The number of nitrogens with zero attached hydrogens (tertiary/aromatic N) is 2. The molecule has 0 aliphatic heterocycles. The molecule has 3 rings (SSSR count). The molecule has 3 aromatic rings. The zero-order valence-corrected chi connectivity index (χ0v) is 13.1. The number of ether oxygens (including phenoxy) is 2. The molecule has 0 saturated heterocycles. The molecule has 0 aliphatic carbocycles. The Labute approximate surface area is 138 Å². The minimum absolute atomic E-state index is 0.0388. The van der Waals surface area contributed by atoms with Crippen LogP contribution >= 0.6 is 0 Å². The van der Waals surface area contributed by atoms with Crippen molar-refractivity contribution in [1.82, 2.24) is 9.97 Å². The van der Waals surface area contributed by atoms with Gasteiger partial charge in [0.15, 0.2) is 0 Å². The summed E-state index contributed by atoms with van der Waals surface area (Å²) in [5.41, 5.74) is 2.29. The van der Waals surface area contributed by atoms with E-state index in [0.717, 1.165) is 16.8 Å². The standard InChI is InChI=1S/C17H15N3O4/c1-23-14-4-3-5-15(24-2)16(14)13-10-18-17(19-13)11-6-8-12(9-7-11)20(21)22/h3-10H,1-2H3,(H,18,19). The van der Waals surface area contributed by atoms with Crippen LogP contribution in [0.1, 0.15) is 0 Å². The first-order valence-corrected chi connectivity index (χ1v) is 7.15. The lowest BCUT2D eigenvalue weighted by Crippen LogP contribution is -1.93. The Hall–Kier alpha value is -3.35. The molecule has 7 heteroatoms. The SMILES string of the molecule is COc1cccc(OC)c1-c1cnc(-c2ccc([N+](=O)[O-])cc2)[nH]1. The van der Waals surface area contributed by atoms with Gasteiger partial charge < -0.3 is 14.5 Å². The highest BCUT2D eigenvalue weighted by Crippen LogP contribution is 2.37. The minimum atomic E-state index is -0.433. The number of benzene rings is 2. The fourth-order valence-electron chi connectivity index (χ4n) is 2.45. The molecule has 0 saturated carbocycles. The lowest BCUT2D eigenvalue weighted by Gasteiger charge is -2.11. The minimum Gasteiger partial charge on any atom is -0.496 e. The number of H-pyrrole nitrogens is 1. The molecular weight excluding hydrogens is 310 g/mol.